The first-order chi connectivity index (χ1) is 6.26. The monoisotopic (exact) mass is 199 g/mol. The van der Waals surface area contributed by atoms with Crippen LogP contribution in [0.5, 0.6) is 0 Å². The van der Waals surface area contributed by atoms with Crippen LogP contribution in [0.3, 0.4) is 0 Å². The number of carboxylic acids is 1. The van der Waals surface area contributed by atoms with E-state index in [1.165, 1.54) is 11.5 Å². The van der Waals surface area contributed by atoms with Gasteiger partial charge in [0.25, 0.3) is 0 Å². The van der Waals surface area contributed by atoms with Gasteiger partial charge in [-0.1, -0.05) is 0 Å². The van der Waals surface area contributed by atoms with Gasteiger partial charge in [0.15, 0.2) is 5.60 Å². The molecule has 1 saturated heterocycles. The number of carbonyl (C=O) groups is 1. The van der Waals surface area contributed by atoms with Crippen LogP contribution in [0.15, 0.2) is 11.6 Å². The topological polar surface area (TPSA) is 59.4 Å². The first kappa shape index (κ1) is 8.65. The lowest BCUT2D eigenvalue weighted by Crippen LogP contribution is -2.34. The van der Waals surface area contributed by atoms with Gasteiger partial charge in [-0.2, -0.15) is 0 Å². The number of aliphatic carboxylic acids is 1. The van der Waals surface area contributed by atoms with Gasteiger partial charge in [0, 0.05) is 23.7 Å². The minimum atomic E-state index is -1.12. The third kappa shape index (κ3) is 1.24. The molecule has 2 rings (SSSR count). The van der Waals surface area contributed by atoms with E-state index >= 15 is 0 Å². The molecule has 0 aliphatic carbocycles. The van der Waals surface area contributed by atoms with Crippen LogP contribution in [0.25, 0.3) is 0 Å². The van der Waals surface area contributed by atoms with Crippen molar-refractivity contribution >= 4 is 17.5 Å². The van der Waals surface area contributed by atoms with E-state index in [9.17, 15) is 4.79 Å². The highest BCUT2D eigenvalue weighted by molar-refractivity contribution is 7.03. The summed E-state index contributed by atoms with van der Waals surface area (Å²) in [5.74, 6) is -0.912. The Kier molecular flexibility index (Phi) is 2.05. The maximum absolute atomic E-state index is 11.1. The second-order valence-electron chi connectivity index (χ2n) is 3.00. The molecule has 1 N–H and O–H groups in total. The summed E-state index contributed by atoms with van der Waals surface area (Å²) in [4.78, 5) is 11.1. The van der Waals surface area contributed by atoms with E-state index in [0.29, 0.717) is 18.6 Å². The Morgan fingerprint density at radius 1 is 1.77 bits per heavy atom. The standard InChI is InChI=1S/C8H9NO3S/c10-7(11)8(2-1-3-12-8)6-4-9-13-5-6/h4-5H,1-3H2,(H,10,11). The molecular weight excluding hydrogens is 190 g/mol. The third-order valence-corrected chi connectivity index (χ3v) is 2.85. The van der Waals surface area contributed by atoms with Gasteiger partial charge in [-0.25, -0.2) is 9.17 Å². The number of ether oxygens (including phenoxy) is 1. The zero-order valence-corrected chi connectivity index (χ0v) is 7.71. The molecule has 13 heavy (non-hydrogen) atoms. The average molecular weight is 199 g/mol. The Morgan fingerprint density at radius 2 is 2.62 bits per heavy atom. The maximum Gasteiger partial charge on any atom is 0.340 e. The van der Waals surface area contributed by atoms with Gasteiger partial charge in [0.2, 0.25) is 0 Å². The molecule has 0 amide bonds. The molecule has 1 aromatic rings. The highest BCUT2D eigenvalue weighted by Crippen LogP contribution is 2.36. The summed E-state index contributed by atoms with van der Waals surface area (Å²) in [5, 5.41) is 10.8. The van der Waals surface area contributed by atoms with Crippen molar-refractivity contribution in [2.75, 3.05) is 6.61 Å². The number of hydrogen-bond donors (Lipinski definition) is 1. The van der Waals surface area contributed by atoms with Crippen LogP contribution in [0.4, 0.5) is 0 Å². The Morgan fingerprint density at radius 3 is 3.08 bits per heavy atom. The van der Waals surface area contributed by atoms with Gasteiger partial charge in [0.05, 0.1) is 0 Å². The molecule has 4 nitrogen and oxygen atoms in total. The van der Waals surface area contributed by atoms with Crippen LogP contribution in [0.2, 0.25) is 0 Å². The molecule has 0 spiro atoms. The van der Waals surface area contributed by atoms with Gasteiger partial charge < -0.3 is 9.84 Å². The van der Waals surface area contributed by atoms with Crippen molar-refractivity contribution in [2.45, 2.75) is 18.4 Å². The Balaban J connectivity index is 2.39. The van der Waals surface area contributed by atoms with E-state index in [-0.39, 0.29) is 0 Å². The highest BCUT2D eigenvalue weighted by Gasteiger charge is 2.45. The average Bonchev–Trinajstić information content (AvgIpc) is 2.75. The second kappa shape index (κ2) is 3.08. The molecule has 0 aromatic carbocycles. The fourth-order valence-corrected chi connectivity index (χ4v) is 2.16. The van der Waals surface area contributed by atoms with Crippen molar-refractivity contribution in [1.29, 1.82) is 0 Å². The number of aromatic nitrogens is 1. The summed E-state index contributed by atoms with van der Waals surface area (Å²) in [5.41, 5.74) is -0.449. The molecule has 1 aliphatic heterocycles. The van der Waals surface area contributed by atoms with Gasteiger partial charge in [-0.3, -0.25) is 0 Å². The molecule has 2 heterocycles. The minimum absolute atomic E-state index is 0.516. The van der Waals surface area contributed by atoms with Gasteiger partial charge in [-0.15, -0.1) is 0 Å². The predicted molar refractivity (Wildman–Crippen MR) is 46.6 cm³/mol. The summed E-state index contributed by atoms with van der Waals surface area (Å²) < 4.78 is 9.21. The third-order valence-electron chi connectivity index (χ3n) is 2.27. The largest absolute Gasteiger partial charge is 0.479 e. The summed E-state index contributed by atoms with van der Waals surface area (Å²) >= 11 is 1.25. The number of nitrogens with zero attached hydrogens (tertiary/aromatic N) is 1. The first-order valence-corrected chi connectivity index (χ1v) is 4.86. The van der Waals surface area contributed by atoms with Crippen LogP contribution < -0.4 is 0 Å². The molecule has 0 saturated carbocycles. The highest BCUT2D eigenvalue weighted by atomic mass is 32.1. The molecule has 1 atom stereocenters. The van der Waals surface area contributed by atoms with Gasteiger partial charge in [-0.05, 0) is 24.4 Å². The zero-order valence-electron chi connectivity index (χ0n) is 6.90. The van der Waals surface area contributed by atoms with Gasteiger partial charge in [0.1, 0.15) is 0 Å². The fraction of sp³-hybridized carbons (Fsp3) is 0.500. The van der Waals surface area contributed by atoms with Crippen molar-refractivity contribution in [3.05, 3.63) is 17.1 Å². The van der Waals surface area contributed by atoms with E-state index in [1.807, 2.05) is 0 Å². The fourth-order valence-electron chi connectivity index (χ4n) is 1.56. The lowest BCUT2D eigenvalue weighted by molar-refractivity contribution is -0.161. The van der Waals surface area contributed by atoms with E-state index in [2.05, 4.69) is 4.37 Å². The quantitative estimate of drug-likeness (QED) is 0.778. The normalized spacial score (nSPS) is 27.7. The molecule has 0 bridgehead atoms. The molecule has 1 fully saturated rings. The van der Waals surface area contributed by atoms with E-state index < -0.39 is 11.6 Å². The molecule has 1 aromatic heterocycles. The van der Waals surface area contributed by atoms with Crippen LogP contribution in [0, 0.1) is 0 Å². The van der Waals surface area contributed by atoms with Crippen molar-refractivity contribution < 1.29 is 14.6 Å². The van der Waals surface area contributed by atoms with E-state index in [4.69, 9.17) is 9.84 Å². The van der Waals surface area contributed by atoms with E-state index in [1.54, 1.807) is 11.6 Å². The molecule has 5 heteroatoms. The van der Waals surface area contributed by atoms with Crippen molar-refractivity contribution in [3.63, 3.8) is 0 Å². The molecular formula is C8H9NO3S. The van der Waals surface area contributed by atoms with Crippen molar-refractivity contribution in [3.8, 4) is 0 Å². The van der Waals surface area contributed by atoms with Crippen LogP contribution in [-0.2, 0) is 15.1 Å². The van der Waals surface area contributed by atoms with Crippen LogP contribution in [-0.4, -0.2) is 22.1 Å². The maximum atomic E-state index is 11.1. The molecule has 1 aliphatic rings. The summed E-state index contributed by atoms with van der Waals surface area (Å²) in [7, 11) is 0. The van der Waals surface area contributed by atoms with E-state index in [0.717, 1.165) is 6.42 Å². The van der Waals surface area contributed by atoms with Gasteiger partial charge >= 0.3 is 5.97 Å². The van der Waals surface area contributed by atoms with Crippen LogP contribution >= 0.6 is 11.5 Å². The Hall–Kier alpha value is -0.940. The summed E-state index contributed by atoms with van der Waals surface area (Å²) in [6, 6.07) is 0. The first-order valence-electron chi connectivity index (χ1n) is 4.03. The number of hydrogen-bond acceptors (Lipinski definition) is 4. The number of rotatable bonds is 2. The SMILES string of the molecule is O=C(O)C1(c2cnsc2)CCCO1. The Bertz CT molecular complexity index is 303. The summed E-state index contributed by atoms with van der Waals surface area (Å²) in [6.45, 7) is 0.516. The van der Waals surface area contributed by atoms with Crippen molar-refractivity contribution in [1.82, 2.24) is 4.37 Å². The molecule has 0 radical (unpaired) electrons. The Labute approximate surface area is 79.3 Å². The lowest BCUT2D eigenvalue weighted by atomic mass is 9.94. The minimum Gasteiger partial charge on any atom is -0.479 e. The zero-order chi connectivity index (χ0) is 9.31. The second-order valence-corrected chi connectivity index (χ2v) is 3.65. The van der Waals surface area contributed by atoms with Crippen molar-refractivity contribution in [2.24, 2.45) is 0 Å². The smallest absolute Gasteiger partial charge is 0.340 e. The van der Waals surface area contributed by atoms with Crippen LogP contribution in [0.1, 0.15) is 18.4 Å². The number of carboxylic acid groups (broad SMARTS) is 1. The summed E-state index contributed by atoms with van der Waals surface area (Å²) in [6.07, 6.45) is 2.91. The molecule has 1 unspecified atom stereocenters. The lowest BCUT2D eigenvalue weighted by Gasteiger charge is -2.21. The molecule has 70 valence electrons. The predicted octanol–water partition coefficient (Wildman–Crippen LogP) is 1.23.